The molecule has 2 aromatic rings. The van der Waals surface area contributed by atoms with Gasteiger partial charge in [0, 0.05) is 0 Å². The summed E-state index contributed by atoms with van der Waals surface area (Å²) in [6, 6.07) is 5.35. The molecule has 0 aliphatic rings. The van der Waals surface area contributed by atoms with Crippen LogP contribution in [0.15, 0.2) is 33.5 Å². The molecule has 0 aliphatic heterocycles. The first kappa shape index (κ1) is 7.67. The van der Waals surface area contributed by atoms with E-state index >= 15 is 0 Å². The number of hydrogen-bond acceptors (Lipinski definition) is 4. The van der Waals surface area contributed by atoms with Gasteiger partial charge in [0.2, 0.25) is 0 Å². The van der Waals surface area contributed by atoms with Gasteiger partial charge in [-0.15, -0.1) is 0 Å². The fourth-order valence-electron chi connectivity index (χ4n) is 1.18. The maximum Gasteiger partial charge on any atom is 0.339 e. The Hall–Kier alpha value is -1.97. The molecule has 0 bridgehead atoms. The minimum absolute atomic E-state index is 0.112. The van der Waals surface area contributed by atoms with E-state index in [0.29, 0.717) is 0 Å². The predicted molar refractivity (Wildman–Crippen MR) is 45.8 cm³/mol. The Morgan fingerprint density at radius 3 is 2.69 bits per heavy atom. The van der Waals surface area contributed by atoms with Crippen LogP contribution >= 0.6 is 0 Å². The van der Waals surface area contributed by atoms with Gasteiger partial charge in [0.15, 0.2) is 0 Å². The van der Waals surface area contributed by atoms with Crippen molar-refractivity contribution in [2.45, 2.75) is 0 Å². The first-order valence-electron chi connectivity index (χ1n) is 3.63. The summed E-state index contributed by atoms with van der Waals surface area (Å²) in [5.74, 6) is -0.386. The molecule has 13 heavy (non-hydrogen) atoms. The minimum atomic E-state index is -0.643. The lowest BCUT2D eigenvalue weighted by molar-refractivity contribution is 0.452. The van der Waals surface area contributed by atoms with E-state index in [1.807, 2.05) is 0 Å². The Morgan fingerprint density at radius 2 is 1.92 bits per heavy atom. The second kappa shape index (κ2) is 2.52. The normalized spacial score (nSPS) is 10.5. The van der Waals surface area contributed by atoms with Crippen molar-refractivity contribution < 1.29 is 14.6 Å². The highest BCUT2D eigenvalue weighted by molar-refractivity contribution is 5.88. The van der Waals surface area contributed by atoms with E-state index in [1.54, 1.807) is 0 Å². The Bertz CT molecular complexity index is 512. The number of rotatable bonds is 0. The third-order valence-electron chi connectivity index (χ3n) is 1.73. The van der Waals surface area contributed by atoms with Crippen molar-refractivity contribution in [3.8, 4) is 11.5 Å². The maximum absolute atomic E-state index is 10.8. The highest BCUT2D eigenvalue weighted by atomic mass is 16.4. The van der Waals surface area contributed by atoms with Crippen molar-refractivity contribution in [3.63, 3.8) is 0 Å². The number of hydrogen-bond donors (Lipinski definition) is 2. The van der Waals surface area contributed by atoms with Gasteiger partial charge in [-0.3, -0.25) is 0 Å². The summed E-state index contributed by atoms with van der Waals surface area (Å²) >= 11 is 0. The molecule has 0 amide bonds. The molecule has 0 saturated carbocycles. The molecule has 1 aromatic heterocycles. The number of aromatic hydroxyl groups is 2. The molecule has 0 atom stereocenters. The Labute approximate surface area is 72.7 Å². The van der Waals surface area contributed by atoms with Gasteiger partial charge in [-0.1, -0.05) is 6.07 Å². The van der Waals surface area contributed by atoms with E-state index in [0.717, 1.165) is 6.07 Å². The first-order valence-corrected chi connectivity index (χ1v) is 3.63. The molecular weight excluding hydrogens is 172 g/mol. The van der Waals surface area contributed by atoms with Crippen LogP contribution in [-0.2, 0) is 0 Å². The third-order valence-corrected chi connectivity index (χ3v) is 1.73. The SMILES string of the molecule is O=c1cc(O)c2c(O)cccc2o1. The van der Waals surface area contributed by atoms with Crippen molar-refractivity contribution in [2.24, 2.45) is 0 Å². The van der Waals surface area contributed by atoms with Crippen LogP contribution in [0.3, 0.4) is 0 Å². The van der Waals surface area contributed by atoms with Gasteiger partial charge >= 0.3 is 5.63 Å². The average molecular weight is 178 g/mol. The molecule has 0 aliphatic carbocycles. The lowest BCUT2D eigenvalue weighted by Crippen LogP contribution is -1.95. The fraction of sp³-hybridized carbons (Fsp3) is 0. The predicted octanol–water partition coefficient (Wildman–Crippen LogP) is 1.20. The highest BCUT2D eigenvalue weighted by Crippen LogP contribution is 2.30. The Balaban J connectivity index is 3.03. The van der Waals surface area contributed by atoms with Gasteiger partial charge in [0.25, 0.3) is 0 Å². The zero-order valence-electron chi connectivity index (χ0n) is 6.52. The van der Waals surface area contributed by atoms with Crippen LogP contribution in [-0.4, -0.2) is 10.2 Å². The quantitative estimate of drug-likeness (QED) is 0.594. The summed E-state index contributed by atoms with van der Waals surface area (Å²) in [5, 5.41) is 18.8. The van der Waals surface area contributed by atoms with Crippen LogP contribution in [0.4, 0.5) is 0 Å². The van der Waals surface area contributed by atoms with Crippen molar-refractivity contribution in [3.05, 3.63) is 34.7 Å². The number of fused-ring (bicyclic) bond motifs is 1. The van der Waals surface area contributed by atoms with Crippen molar-refractivity contribution >= 4 is 11.0 Å². The molecule has 66 valence electrons. The summed E-state index contributed by atoms with van der Waals surface area (Å²) < 4.78 is 4.75. The van der Waals surface area contributed by atoms with Crippen LogP contribution < -0.4 is 5.63 Å². The first-order chi connectivity index (χ1) is 6.18. The average Bonchev–Trinajstić information content (AvgIpc) is 2.02. The standard InChI is InChI=1S/C9H6O4/c10-5-2-1-3-7-9(5)6(11)4-8(12)13-7/h1-4,10-11H. The van der Waals surface area contributed by atoms with E-state index < -0.39 is 5.63 Å². The lowest BCUT2D eigenvalue weighted by atomic mass is 10.2. The third kappa shape index (κ3) is 1.12. The van der Waals surface area contributed by atoms with Crippen LogP contribution in [0.1, 0.15) is 0 Å². The van der Waals surface area contributed by atoms with Crippen LogP contribution in [0.2, 0.25) is 0 Å². The molecule has 0 unspecified atom stereocenters. The molecular formula is C9H6O4. The van der Waals surface area contributed by atoms with Gasteiger partial charge < -0.3 is 14.6 Å². The van der Waals surface area contributed by atoms with E-state index in [4.69, 9.17) is 4.42 Å². The van der Waals surface area contributed by atoms with Crippen molar-refractivity contribution in [2.75, 3.05) is 0 Å². The number of benzene rings is 1. The van der Waals surface area contributed by atoms with Gasteiger partial charge in [0.05, 0.1) is 6.07 Å². The molecule has 0 fully saturated rings. The molecule has 0 radical (unpaired) electrons. The Morgan fingerprint density at radius 1 is 1.15 bits per heavy atom. The van der Waals surface area contributed by atoms with Crippen LogP contribution in [0.25, 0.3) is 11.0 Å². The summed E-state index contributed by atoms with van der Waals surface area (Å²) in [6.45, 7) is 0. The molecule has 2 rings (SSSR count). The zero-order chi connectivity index (χ0) is 9.42. The summed E-state index contributed by atoms with van der Waals surface area (Å²) in [7, 11) is 0. The van der Waals surface area contributed by atoms with Gasteiger partial charge in [-0.05, 0) is 12.1 Å². The number of phenolic OH excluding ortho intramolecular Hbond substituents is 1. The van der Waals surface area contributed by atoms with E-state index in [9.17, 15) is 15.0 Å². The summed E-state index contributed by atoms with van der Waals surface area (Å²) in [4.78, 5) is 10.8. The molecule has 4 nitrogen and oxygen atoms in total. The monoisotopic (exact) mass is 178 g/mol. The van der Waals surface area contributed by atoms with Crippen LogP contribution in [0, 0.1) is 0 Å². The largest absolute Gasteiger partial charge is 0.507 e. The van der Waals surface area contributed by atoms with Gasteiger partial charge in [-0.25, -0.2) is 4.79 Å². The summed E-state index contributed by atoms with van der Waals surface area (Å²) in [6.07, 6.45) is 0. The second-order valence-electron chi connectivity index (χ2n) is 2.60. The highest BCUT2D eigenvalue weighted by Gasteiger charge is 2.07. The molecule has 4 heteroatoms. The van der Waals surface area contributed by atoms with Crippen molar-refractivity contribution in [1.29, 1.82) is 0 Å². The van der Waals surface area contributed by atoms with E-state index in [2.05, 4.69) is 0 Å². The number of phenols is 1. The maximum atomic E-state index is 10.8. The topological polar surface area (TPSA) is 70.7 Å². The van der Waals surface area contributed by atoms with Gasteiger partial charge in [-0.2, -0.15) is 0 Å². The zero-order valence-corrected chi connectivity index (χ0v) is 6.52. The van der Waals surface area contributed by atoms with Crippen molar-refractivity contribution in [1.82, 2.24) is 0 Å². The lowest BCUT2D eigenvalue weighted by Gasteiger charge is -2.00. The molecule has 1 aromatic carbocycles. The molecule has 0 spiro atoms. The van der Waals surface area contributed by atoms with E-state index in [1.165, 1.54) is 18.2 Å². The second-order valence-corrected chi connectivity index (χ2v) is 2.60. The van der Waals surface area contributed by atoms with Gasteiger partial charge in [0.1, 0.15) is 22.5 Å². The molecule has 1 heterocycles. The fourth-order valence-corrected chi connectivity index (χ4v) is 1.18. The summed E-state index contributed by atoms with van der Waals surface area (Å²) in [5.41, 5.74) is -0.472. The minimum Gasteiger partial charge on any atom is -0.507 e. The Kier molecular flexibility index (Phi) is 1.48. The molecule has 2 N–H and O–H groups in total. The van der Waals surface area contributed by atoms with E-state index in [-0.39, 0.29) is 22.5 Å². The van der Waals surface area contributed by atoms with Crippen LogP contribution in [0.5, 0.6) is 11.5 Å². The molecule has 0 saturated heterocycles. The smallest absolute Gasteiger partial charge is 0.339 e.